The Kier molecular flexibility index (Phi) is 3.85. The quantitative estimate of drug-likeness (QED) is 0.863. The van der Waals surface area contributed by atoms with Gasteiger partial charge in [-0.15, -0.1) is 0 Å². The first-order valence-corrected chi connectivity index (χ1v) is 6.59. The van der Waals surface area contributed by atoms with Gasteiger partial charge in [-0.25, -0.2) is 0 Å². The fourth-order valence-corrected chi connectivity index (χ4v) is 2.85. The monoisotopic (exact) mass is 233 g/mol. The van der Waals surface area contributed by atoms with Gasteiger partial charge in [0.1, 0.15) is 5.60 Å². The highest BCUT2D eigenvalue weighted by Gasteiger charge is 2.39. The molecule has 1 aliphatic carbocycles. The van der Waals surface area contributed by atoms with Gasteiger partial charge in [0.25, 0.3) is 0 Å². The first-order valence-electron chi connectivity index (χ1n) is 6.59. The van der Waals surface area contributed by atoms with Crippen molar-refractivity contribution in [2.75, 3.05) is 13.7 Å². The van der Waals surface area contributed by atoms with Gasteiger partial charge in [0, 0.05) is 13.2 Å². The van der Waals surface area contributed by atoms with Gasteiger partial charge in [-0.1, -0.05) is 31.2 Å². The zero-order chi connectivity index (χ0) is 12.3. The SMILES string of the molecule is CCCN[C@@H]1CCc2ccccc2[C@]1(C)OC. The van der Waals surface area contributed by atoms with Crippen LogP contribution in [0.1, 0.15) is 37.8 Å². The van der Waals surface area contributed by atoms with Gasteiger partial charge in [0.2, 0.25) is 0 Å². The van der Waals surface area contributed by atoms with Crippen molar-refractivity contribution in [2.45, 2.75) is 44.8 Å². The second-order valence-electron chi connectivity index (χ2n) is 5.01. The van der Waals surface area contributed by atoms with Gasteiger partial charge in [0.05, 0.1) is 0 Å². The van der Waals surface area contributed by atoms with E-state index in [1.807, 2.05) is 7.11 Å². The molecule has 1 aliphatic rings. The fourth-order valence-electron chi connectivity index (χ4n) is 2.85. The van der Waals surface area contributed by atoms with E-state index in [0.29, 0.717) is 6.04 Å². The van der Waals surface area contributed by atoms with Gasteiger partial charge in [-0.2, -0.15) is 0 Å². The lowest BCUT2D eigenvalue weighted by atomic mass is 9.76. The number of nitrogens with one attached hydrogen (secondary N) is 1. The molecule has 1 N–H and O–H groups in total. The summed E-state index contributed by atoms with van der Waals surface area (Å²) in [5, 5.41) is 3.63. The number of hydrogen-bond donors (Lipinski definition) is 1. The summed E-state index contributed by atoms with van der Waals surface area (Å²) in [4.78, 5) is 0. The van der Waals surface area contributed by atoms with Gasteiger partial charge in [-0.05, 0) is 43.9 Å². The molecule has 0 unspecified atom stereocenters. The topological polar surface area (TPSA) is 21.3 Å². The second-order valence-corrected chi connectivity index (χ2v) is 5.01. The Labute approximate surface area is 104 Å². The van der Waals surface area contributed by atoms with E-state index in [4.69, 9.17) is 4.74 Å². The molecule has 0 saturated carbocycles. The van der Waals surface area contributed by atoms with Crippen LogP contribution in [0.2, 0.25) is 0 Å². The van der Waals surface area contributed by atoms with Crippen molar-refractivity contribution in [3.63, 3.8) is 0 Å². The van der Waals surface area contributed by atoms with E-state index < -0.39 is 0 Å². The first-order chi connectivity index (χ1) is 8.22. The molecule has 17 heavy (non-hydrogen) atoms. The van der Waals surface area contributed by atoms with Crippen LogP contribution in [-0.2, 0) is 16.8 Å². The van der Waals surface area contributed by atoms with Crippen LogP contribution in [0.15, 0.2) is 24.3 Å². The molecule has 2 rings (SSSR count). The third kappa shape index (κ3) is 2.24. The van der Waals surface area contributed by atoms with E-state index in [-0.39, 0.29) is 5.60 Å². The molecule has 2 heteroatoms. The molecule has 0 aromatic heterocycles. The van der Waals surface area contributed by atoms with Crippen molar-refractivity contribution >= 4 is 0 Å². The number of fused-ring (bicyclic) bond motifs is 1. The zero-order valence-electron chi connectivity index (χ0n) is 11.1. The van der Waals surface area contributed by atoms with E-state index in [1.54, 1.807) is 0 Å². The van der Waals surface area contributed by atoms with Crippen molar-refractivity contribution in [1.82, 2.24) is 5.32 Å². The van der Waals surface area contributed by atoms with Crippen LogP contribution in [0.25, 0.3) is 0 Å². The highest BCUT2D eigenvalue weighted by molar-refractivity contribution is 5.36. The standard InChI is InChI=1S/C15H23NO/c1-4-11-16-14-10-9-12-7-5-6-8-13(12)15(14,2)17-3/h5-8,14,16H,4,9-11H2,1-3H3/t14-,15+/m1/s1. The zero-order valence-corrected chi connectivity index (χ0v) is 11.1. The Hall–Kier alpha value is -0.860. The minimum Gasteiger partial charge on any atom is -0.372 e. The molecular weight excluding hydrogens is 210 g/mol. The van der Waals surface area contributed by atoms with Crippen molar-refractivity contribution in [3.05, 3.63) is 35.4 Å². The molecule has 0 radical (unpaired) electrons. The highest BCUT2D eigenvalue weighted by Crippen LogP contribution is 2.37. The molecule has 0 fully saturated rings. The number of rotatable bonds is 4. The number of aryl methyl sites for hydroxylation is 1. The van der Waals surface area contributed by atoms with E-state index in [1.165, 1.54) is 11.1 Å². The number of hydrogen-bond acceptors (Lipinski definition) is 2. The van der Waals surface area contributed by atoms with Crippen molar-refractivity contribution in [1.29, 1.82) is 0 Å². The van der Waals surface area contributed by atoms with Crippen LogP contribution >= 0.6 is 0 Å². The summed E-state index contributed by atoms with van der Waals surface area (Å²) < 4.78 is 5.85. The van der Waals surface area contributed by atoms with Crippen molar-refractivity contribution in [3.8, 4) is 0 Å². The summed E-state index contributed by atoms with van der Waals surface area (Å²) >= 11 is 0. The van der Waals surface area contributed by atoms with Gasteiger partial charge in [0.15, 0.2) is 0 Å². The molecule has 1 aromatic rings. The van der Waals surface area contributed by atoms with E-state index in [0.717, 1.165) is 25.8 Å². The van der Waals surface area contributed by atoms with E-state index in [2.05, 4.69) is 43.4 Å². The molecule has 1 aromatic carbocycles. The molecular formula is C15H23NO. The van der Waals surface area contributed by atoms with Crippen LogP contribution in [0, 0.1) is 0 Å². The molecule has 0 aliphatic heterocycles. The van der Waals surface area contributed by atoms with Crippen LogP contribution in [-0.4, -0.2) is 19.7 Å². The Morgan fingerprint density at radius 1 is 1.41 bits per heavy atom. The third-order valence-corrected chi connectivity index (χ3v) is 3.98. The Balaban J connectivity index is 2.30. The van der Waals surface area contributed by atoms with Crippen LogP contribution in [0.5, 0.6) is 0 Å². The van der Waals surface area contributed by atoms with Gasteiger partial charge in [-0.3, -0.25) is 0 Å². The maximum atomic E-state index is 5.85. The average Bonchev–Trinajstić information content (AvgIpc) is 2.38. The largest absolute Gasteiger partial charge is 0.372 e. The van der Waals surface area contributed by atoms with Crippen molar-refractivity contribution < 1.29 is 4.74 Å². The number of ether oxygens (including phenoxy) is 1. The van der Waals surface area contributed by atoms with Crippen LogP contribution < -0.4 is 5.32 Å². The summed E-state index contributed by atoms with van der Waals surface area (Å²) in [5.74, 6) is 0. The predicted octanol–water partition coefficient (Wildman–Crippen LogP) is 2.86. The number of benzene rings is 1. The maximum Gasteiger partial charge on any atom is 0.105 e. The number of methoxy groups -OCH3 is 1. The van der Waals surface area contributed by atoms with Gasteiger partial charge < -0.3 is 10.1 Å². The van der Waals surface area contributed by atoms with Gasteiger partial charge >= 0.3 is 0 Å². The maximum absolute atomic E-state index is 5.85. The minimum atomic E-state index is -0.190. The Bertz CT molecular complexity index is 377. The molecule has 0 bridgehead atoms. The van der Waals surface area contributed by atoms with Crippen LogP contribution in [0.4, 0.5) is 0 Å². The summed E-state index contributed by atoms with van der Waals surface area (Å²) in [7, 11) is 1.82. The van der Waals surface area contributed by atoms with E-state index in [9.17, 15) is 0 Å². The predicted molar refractivity (Wildman–Crippen MR) is 71.2 cm³/mol. The van der Waals surface area contributed by atoms with Crippen molar-refractivity contribution in [2.24, 2.45) is 0 Å². The lowest BCUT2D eigenvalue weighted by Gasteiger charge is -2.42. The average molecular weight is 233 g/mol. The molecule has 0 amide bonds. The van der Waals surface area contributed by atoms with Crippen LogP contribution in [0.3, 0.4) is 0 Å². The Morgan fingerprint density at radius 2 is 2.18 bits per heavy atom. The molecule has 0 saturated heterocycles. The normalized spacial score (nSPS) is 27.8. The minimum absolute atomic E-state index is 0.190. The summed E-state index contributed by atoms with van der Waals surface area (Å²) in [5.41, 5.74) is 2.60. The summed E-state index contributed by atoms with van der Waals surface area (Å²) in [6, 6.07) is 9.08. The molecule has 2 nitrogen and oxygen atoms in total. The lowest BCUT2D eigenvalue weighted by Crippen LogP contribution is -2.51. The molecule has 94 valence electrons. The third-order valence-electron chi connectivity index (χ3n) is 3.98. The first kappa shape index (κ1) is 12.6. The second kappa shape index (κ2) is 5.19. The summed E-state index contributed by atoms with van der Waals surface area (Å²) in [6.07, 6.45) is 3.47. The van der Waals surface area contributed by atoms with E-state index >= 15 is 0 Å². The smallest absolute Gasteiger partial charge is 0.105 e. The molecule has 0 heterocycles. The molecule has 0 spiro atoms. The molecule has 2 atom stereocenters. The fraction of sp³-hybridized carbons (Fsp3) is 0.600. The summed E-state index contributed by atoms with van der Waals surface area (Å²) in [6.45, 7) is 5.47. The highest BCUT2D eigenvalue weighted by atomic mass is 16.5. The Morgan fingerprint density at radius 3 is 2.88 bits per heavy atom. The lowest BCUT2D eigenvalue weighted by molar-refractivity contribution is -0.0390.